The van der Waals surface area contributed by atoms with E-state index in [4.69, 9.17) is 0 Å². The van der Waals surface area contributed by atoms with Crippen molar-refractivity contribution in [3.05, 3.63) is 32.3 Å². The van der Waals surface area contributed by atoms with Crippen LogP contribution in [0, 0.1) is 6.92 Å². The van der Waals surface area contributed by atoms with Gasteiger partial charge in [-0.3, -0.25) is 19.4 Å². The molecular formula is C10H13N3O2. The normalized spacial score (nSPS) is 11.5. The van der Waals surface area contributed by atoms with Crippen LogP contribution < -0.4 is 11.1 Å². The summed E-state index contributed by atoms with van der Waals surface area (Å²) in [6, 6.07) is 1.54. The molecular weight excluding hydrogens is 194 g/mol. The molecule has 0 atom stereocenters. The van der Waals surface area contributed by atoms with Gasteiger partial charge in [0.1, 0.15) is 5.65 Å². The second-order valence-corrected chi connectivity index (χ2v) is 3.94. The van der Waals surface area contributed by atoms with Crippen molar-refractivity contribution in [2.45, 2.75) is 26.8 Å². The quantitative estimate of drug-likeness (QED) is 0.729. The highest BCUT2D eigenvalue weighted by Crippen LogP contribution is 2.12. The average Bonchev–Trinajstić information content (AvgIpc) is 2.42. The van der Waals surface area contributed by atoms with Gasteiger partial charge in [-0.2, -0.15) is 0 Å². The van der Waals surface area contributed by atoms with Gasteiger partial charge in [-0.15, -0.1) is 0 Å². The number of rotatable bonds is 1. The summed E-state index contributed by atoms with van der Waals surface area (Å²) in [6.07, 6.45) is 0. The van der Waals surface area contributed by atoms with Crippen LogP contribution in [0.2, 0.25) is 0 Å². The monoisotopic (exact) mass is 207 g/mol. The highest BCUT2D eigenvalue weighted by atomic mass is 16.1. The summed E-state index contributed by atoms with van der Waals surface area (Å²) < 4.78 is 1.67. The highest BCUT2D eigenvalue weighted by Gasteiger charge is 2.11. The molecule has 0 aliphatic heterocycles. The van der Waals surface area contributed by atoms with Crippen molar-refractivity contribution < 1.29 is 0 Å². The number of H-pyrrole nitrogens is 2. The molecule has 5 heteroatoms. The maximum atomic E-state index is 11.6. The molecule has 0 amide bonds. The standard InChI is InChI=1S/C10H13N3O2/c1-5(2)13-9-8(10(15)12-13)6(3)4-7(14)11-9/h4-5H,1-3H3,(H,11,14)(H,12,15). The molecule has 0 bridgehead atoms. The van der Waals surface area contributed by atoms with E-state index in [9.17, 15) is 9.59 Å². The van der Waals surface area contributed by atoms with Crippen LogP contribution >= 0.6 is 0 Å². The molecule has 0 saturated carbocycles. The van der Waals surface area contributed by atoms with Gasteiger partial charge in [0.05, 0.1) is 5.39 Å². The molecule has 2 N–H and O–H groups in total. The summed E-state index contributed by atoms with van der Waals surface area (Å²) in [6.45, 7) is 5.64. The van der Waals surface area contributed by atoms with Crippen LogP contribution in [-0.2, 0) is 0 Å². The third-order valence-corrected chi connectivity index (χ3v) is 2.43. The SMILES string of the molecule is Cc1cc(=O)[nH]c2c1c(=O)[nH]n2C(C)C. The van der Waals surface area contributed by atoms with Gasteiger partial charge in [-0.25, -0.2) is 0 Å². The van der Waals surface area contributed by atoms with Crippen molar-refractivity contribution in [1.29, 1.82) is 0 Å². The zero-order valence-corrected chi connectivity index (χ0v) is 8.92. The number of nitrogens with one attached hydrogen (secondary N) is 2. The van der Waals surface area contributed by atoms with Gasteiger partial charge >= 0.3 is 0 Å². The number of aromatic amines is 2. The maximum absolute atomic E-state index is 11.6. The van der Waals surface area contributed by atoms with Crippen LogP contribution in [0.5, 0.6) is 0 Å². The van der Waals surface area contributed by atoms with Crippen molar-refractivity contribution in [2.24, 2.45) is 0 Å². The van der Waals surface area contributed by atoms with Crippen molar-refractivity contribution in [3.8, 4) is 0 Å². The molecule has 80 valence electrons. The fraction of sp³-hybridized carbons (Fsp3) is 0.400. The molecule has 0 spiro atoms. The van der Waals surface area contributed by atoms with Crippen LogP contribution in [0.15, 0.2) is 15.7 Å². The third-order valence-electron chi connectivity index (χ3n) is 2.43. The molecule has 0 aliphatic rings. The number of aromatic nitrogens is 3. The number of nitrogens with zero attached hydrogens (tertiary/aromatic N) is 1. The Labute approximate surface area is 85.7 Å². The lowest BCUT2D eigenvalue weighted by molar-refractivity contribution is 0.542. The summed E-state index contributed by atoms with van der Waals surface area (Å²) in [7, 11) is 0. The van der Waals surface area contributed by atoms with Gasteiger partial charge in [0, 0.05) is 12.1 Å². The first-order valence-corrected chi connectivity index (χ1v) is 4.85. The van der Waals surface area contributed by atoms with Gasteiger partial charge in [0.15, 0.2) is 0 Å². The summed E-state index contributed by atoms with van der Waals surface area (Å²) in [5.41, 5.74) is 0.926. The fourth-order valence-electron chi connectivity index (χ4n) is 1.75. The molecule has 2 aromatic heterocycles. The second-order valence-electron chi connectivity index (χ2n) is 3.94. The van der Waals surface area contributed by atoms with Crippen LogP contribution in [0.1, 0.15) is 25.5 Å². The number of hydrogen-bond acceptors (Lipinski definition) is 2. The number of hydrogen-bond donors (Lipinski definition) is 2. The van der Waals surface area contributed by atoms with E-state index >= 15 is 0 Å². The van der Waals surface area contributed by atoms with E-state index in [2.05, 4.69) is 10.1 Å². The Hall–Kier alpha value is -1.78. The van der Waals surface area contributed by atoms with E-state index in [0.29, 0.717) is 16.6 Å². The predicted octanol–water partition coefficient (Wildman–Crippen LogP) is 0.907. The van der Waals surface area contributed by atoms with Crippen molar-refractivity contribution in [2.75, 3.05) is 0 Å². The minimum Gasteiger partial charge on any atom is -0.307 e. The molecule has 0 fully saturated rings. The summed E-state index contributed by atoms with van der Waals surface area (Å²) in [4.78, 5) is 25.6. The van der Waals surface area contributed by atoms with E-state index < -0.39 is 0 Å². The number of aryl methyl sites for hydroxylation is 1. The summed E-state index contributed by atoms with van der Waals surface area (Å²) in [5, 5.41) is 3.27. The molecule has 2 rings (SSSR count). The van der Waals surface area contributed by atoms with E-state index in [1.165, 1.54) is 6.07 Å². The molecule has 2 heterocycles. The Balaban J connectivity index is 3.00. The Morgan fingerprint density at radius 1 is 1.33 bits per heavy atom. The van der Waals surface area contributed by atoms with Crippen molar-refractivity contribution in [3.63, 3.8) is 0 Å². The lowest BCUT2D eigenvalue weighted by atomic mass is 10.2. The topological polar surface area (TPSA) is 70.7 Å². The van der Waals surface area contributed by atoms with Crippen LogP contribution in [-0.4, -0.2) is 14.8 Å². The molecule has 15 heavy (non-hydrogen) atoms. The van der Waals surface area contributed by atoms with Gasteiger partial charge in [0.25, 0.3) is 5.56 Å². The minimum atomic E-state index is -0.187. The van der Waals surface area contributed by atoms with Gasteiger partial charge < -0.3 is 4.98 Å². The lowest BCUT2D eigenvalue weighted by Gasteiger charge is -2.07. The Morgan fingerprint density at radius 2 is 2.00 bits per heavy atom. The van der Waals surface area contributed by atoms with Crippen LogP contribution in [0.3, 0.4) is 0 Å². The smallest absolute Gasteiger partial charge is 0.273 e. The third kappa shape index (κ3) is 1.40. The second kappa shape index (κ2) is 3.12. The fourth-order valence-corrected chi connectivity index (χ4v) is 1.75. The molecule has 0 unspecified atom stereocenters. The summed E-state index contributed by atoms with van der Waals surface area (Å²) in [5.74, 6) is 0. The molecule has 0 aromatic carbocycles. The summed E-state index contributed by atoms with van der Waals surface area (Å²) >= 11 is 0. The predicted molar refractivity (Wildman–Crippen MR) is 58.3 cm³/mol. The molecule has 2 aromatic rings. The Kier molecular flexibility index (Phi) is 2.03. The Bertz CT molecular complexity index is 616. The van der Waals surface area contributed by atoms with E-state index in [0.717, 1.165) is 0 Å². The highest BCUT2D eigenvalue weighted by molar-refractivity contribution is 5.77. The van der Waals surface area contributed by atoms with Gasteiger partial charge in [-0.1, -0.05) is 0 Å². The minimum absolute atomic E-state index is 0.104. The molecule has 0 radical (unpaired) electrons. The Morgan fingerprint density at radius 3 is 2.60 bits per heavy atom. The lowest BCUT2D eigenvalue weighted by Crippen LogP contribution is -2.10. The first-order chi connectivity index (χ1) is 7.00. The van der Waals surface area contributed by atoms with Crippen LogP contribution in [0.25, 0.3) is 11.0 Å². The zero-order valence-electron chi connectivity index (χ0n) is 8.92. The molecule has 0 aliphatic carbocycles. The van der Waals surface area contributed by atoms with Gasteiger partial charge in [-0.05, 0) is 26.3 Å². The van der Waals surface area contributed by atoms with Crippen molar-refractivity contribution in [1.82, 2.24) is 14.8 Å². The molecule has 0 saturated heterocycles. The van der Waals surface area contributed by atoms with Crippen LogP contribution in [0.4, 0.5) is 0 Å². The van der Waals surface area contributed by atoms with Gasteiger partial charge in [0.2, 0.25) is 5.56 Å². The average molecular weight is 207 g/mol. The largest absolute Gasteiger partial charge is 0.307 e. The maximum Gasteiger partial charge on any atom is 0.273 e. The van der Waals surface area contributed by atoms with E-state index in [1.54, 1.807) is 11.6 Å². The number of pyridine rings is 1. The van der Waals surface area contributed by atoms with Crippen molar-refractivity contribution >= 4 is 11.0 Å². The zero-order chi connectivity index (χ0) is 11.2. The first-order valence-electron chi connectivity index (χ1n) is 4.85. The first kappa shape index (κ1) is 9.76. The number of fused-ring (bicyclic) bond motifs is 1. The van der Waals surface area contributed by atoms with E-state index in [1.807, 2.05) is 13.8 Å². The molecule has 5 nitrogen and oxygen atoms in total. The van der Waals surface area contributed by atoms with E-state index in [-0.39, 0.29) is 17.2 Å².